The van der Waals surface area contributed by atoms with E-state index in [0.717, 1.165) is 73.8 Å². The summed E-state index contributed by atoms with van der Waals surface area (Å²) >= 11 is 3.80. The van der Waals surface area contributed by atoms with E-state index in [1.54, 1.807) is 0 Å². The number of pyridine rings is 1. The second-order valence-electron chi connectivity index (χ2n) is 12.1. The van der Waals surface area contributed by atoms with Gasteiger partial charge >= 0.3 is 0 Å². The van der Waals surface area contributed by atoms with Crippen LogP contribution in [-0.2, 0) is 16.6 Å². The topological polar surface area (TPSA) is 45.2 Å². The number of Topliss-reactive ketones (excluding diaryl/α,β-unsaturated/α-hetero) is 1. The number of nitrogens with zero attached hydrogens (tertiary/aromatic N) is 2. The van der Waals surface area contributed by atoms with Gasteiger partial charge in [0.25, 0.3) is 0 Å². The lowest BCUT2D eigenvalue weighted by atomic mass is 9.70. The van der Waals surface area contributed by atoms with Crippen molar-refractivity contribution in [3.8, 4) is 0 Å². The van der Waals surface area contributed by atoms with E-state index < -0.39 is 0 Å². The number of hydrogen-bond donors (Lipinski definition) is 1. The lowest BCUT2D eigenvalue weighted by Crippen LogP contribution is -2.47. The van der Waals surface area contributed by atoms with Crippen LogP contribution in [0.15, 0.2) is 101 Å². The lowest BCUT2D eigenvalue weighted by molar-refractivity contribution is -0.125. The van der Waals surface area contributed by atoms with Crippen molar-refractivity contribution in [1.82, 2.24) is 15.2 Å². The van der Waals surface area contributed by atoms with E-state index in [-0.39, 0.29) is 11.5 Å². The van der Waals surface area contributed by atoms with Crippen LogP contribution in [0.3, 0.4) is 0 Å². The van der Waals surface area contributed by atoms with E-state index >= 15 is 0 Å². The molecule has 2 aliphatic carbocycles. The molecule has 40 heavy (non-hydrogen) atoms. The predicted molar refractivity (Wildman–Crippen MR) is 166 cm³/mol. The number of ketones is 1. The quantitative estimate of drug-likeness (QED) is 0.338. The van der Waals surface area contributed by atoms with E-state index in [2.05, 4.69) is 92.3 Å². The Morgan fingerprint density at radius 1 is 1.07 bits per heavy atom. The Morgan fingerprint density at radius 3 is 2.58 bits per heavy atom. The minimum Gasteiger partial charge on any atom is -0.364 e. The SMILES string of the molecule is C=C(Cc1cccnc1)C1=CC(C2CCC(CC(=O)C3(c4ccccc4)CCCC3)CC2)NC2=C(Br)C=CCN12. The molecule has 0 saturated heterocycles. The first-order chi connectivity index (χ1) is 19.5. The Kier molecular flexibility index (Phi) is 8.11. The largest absolute Gasteiger partial charge is 0.364 e. The molecule has 0 radical (unpaired) electrons. The molecule has 1 atom stereocenters. The summed E-state index contributed by atoms with van der Waals surface area (Å²) < 4.78 is 1.09. The molecule has 1 unspecified atom stereocenters. The number of benzene rings is 1. The zero-order valence-electron chi connectivity index (χ0n) is 23.3. The average molecular weight is 599 g/mol. The summed E-state index contributed by atoms with van der Waals surface area (Å²) in [5.41, 5.74) is 4.52. The fourth-order valence-corrected chi connectivity index (χ4v) is 7.98. The van der Waals surface area contributed by atoms with Gasteiger partial charge in [-0.25, -0.2) is 0 Å². The van der Waals surface area contributed by atoms with E-state index in [0.29, 0.717) is 17.6 Å². The van der Waals surface area contributed by atoms with Crippen LogP contribution in [-0.4, -0.2) is 28.3 Å². The highest BCUT2D eigenvalue weighted by atomic mass is 79.9. The fourth-order valence-electron chi connectivity index (χ4n) is 7.46. The highest BCUT2D eigenvalue weighted by molar-refractivity contribution is 9.11. The Bertz CT molecular complexity index is 1310. The van der Waals surface area contributed by atoms with Gasteiger partial charge in [0.1, 0.15) is 11.6 Å². The molecular formula is C35H40BrN3O. The van der Waals surface area contributed by atoms with Gasteiger partial charge in [0.05, 0.1) is 15.9 Å². The normalized spacial score (nSPS) is 25.7. The highest BCUT2D eigenvalue weighted by Gasteiger charge is 2.43. The van der Waals surface area contributed by atoms with Crippen molar-refractivity contribution in [2.45, 2.75) is 75.7 Å². The van der Waals surface area contributed by atoms with Crippen LogP contribution in [0.2, 0.25) is 0 Å². The molecule has 1 N–H and O–H groups in total. The third-order valence-electron chi connectivity index (χ3n) is 9.67. The summed E-state index contributed by atoms with van der Waals surface area (Å²) in [7, 11) is 0. The molecule has 208 valence electrons. The number of carbonyl (C=O) groups is 1. The summed E-state index contributed by atoms with van der Waals surface area (Å²) in [6, 6.07) is 15.0. The molecule has 0 bridgehead atoms. The Morgan fingerprint density at radius 2 is 1.85 bits per heavy atom. The maximum absolute atomic E-state index is 13.8. The molecule has 2 aromatic rings. The van der Waals surface area contributed by atoms with Crippen LogP contribution in [0.4, 0.5) is 0 Å². The lowest BCUT2D eigenvalue weighted by Gasteiger charge is -2.43. The highest BCUT2D eigenvalue weighted by Crippen LogP contribution is 2.45. The van der Waals surface area contributed by atoms with Gasteiger partial charge in [-0.3, -0.25) is 9.78 Å². The molecule has 5 heteroatoms. The van der Waals surface area contributed by atoms with Crippen LogP contribution in [0.25, 0.3) is 0 Å². The smallest absolute Gasteiger partial charge is 0.143 e. The molecule has 2 aliphatic heterocycles. The van der Waals surface area contributed by atoms with Gasteiger partial charge in [-0.2, -0.15) is 0 Å². The number of fused-ring (bicyclic) bond motifs is 1. The van der Waals surface area contributed by atoms with Crippen LogP contribution >= 0.6 is 15.9 Å². The van der Waals surface area contributed by atoms with Crippen molar-refractivity contribution in [2.24, 2.45) is 11.8 Å². The van der Waals surface area contributed by atoms with Crippen LogP contribution in [0, 0.1) is 11.8 Å². The van der Waals surface area contributed by atoms with Crippen molar-refractivity contribution in [2.75, 3.05) is 6.54 Å². The van der Waals surface area contributed by atoms with Crippen molar-refractivity contribution in [1.29, 1.82) is 0 Å². The number of carbonyl (C=O) groups excluding carboxylic acids is 1. The van der Waals surface area contributed by atoms with Gasteiger partial charge < -0.3 is 10.2 Å². The van der Waals surface area contributed by atoms with Gasteiger partial charge in [0, 0.05) is 37.5 Å². The van der Waals surface area contributed by atoms with Gasteiger partial charge in [0.2, 0.25) is 0 Å². The first kappa shape index (κ1) is 27.3. The second kappa shape index (κ2) is 11.9. The summed E-state index contributed by atoms with van der Waals surface area (Å²) in [6.07, 6.45) is 20.9. The molecule has 6 rings (SSSR count). The zero-order valence-corrected chi connectivity index (χ0v) is 24.9. The molecule has 0 amide bonds. The van der Waals surface area contributed by atoms with E-state index in [9.17, 15) is 4.79 Å². The van der Waals surface area contributed by atoms with Gasteiger partial charge in [-0.15, -0.1) is 0 Å². The number of allylic oxidation sites excluding steroid dienone is 3. The summed E-state index contributed by atoms with van der Waals surface area (Å²) in [5, 5.41) is 3.86. The van der Waals surface area contributed by atoms with Crippen LogP contribution < -0.4 is 5.32 Å². The number of rotatable bonds is 8. The van der Waals surface area contributed by atoms with Crippen molar-refractivity contribution >= 4 is 21.7 Å². The molecule has 2 saturated carbocycles. The van der Waals surface area contributed by atoms with Crippen LogP contribution in [0.5, 0.6) is 0 Å². The van der Waals surface area contributed by atoms with E-state index in [1.807, 2.05) is 18.5 Å². The standard InChI is InChI=1S/C35H40BrN3O/c1-25(21-27-9-7-19-37-24-27)32-23-31(38-34-30(36)12-8-20-39(32)34)28-15-13-26(14-16-28)22-33(40)35(17-5-6-18-35)29-10-3-2-4-11-29/h2-4,7-12,19,23-24,26,28,31,38H,1,5-6,13-18,20-22H2. The third kappa shape index (κ3) is 5.50. The zero-order chi connectivity index (χ0) is 27.5. The Balaban J connectivity index is 1.14. The Labute approximate surface area is 247 Å². The second-order valence-corrected chi connectivity index (χ2v) is 13.0. The summed E-state index contributed by atoms with van der Waals surface area (Å²) in [4.78, 5) is 20.5. The number of halogens is 1. The first-order valence-corrected chi connectivity index (χ1v) is 15.8. The van der Waals surface area contributed by atoms with Gasteiger partial charge in [-0.1, -0.05) is 61.9 Å². The monoisotopic (exact) mass is 597 g/mol. The Hall–Kier alpha value is -2.92. The predicted octanol–water partition coefficient (Wildman–Crippen LogP) is 7.75. The summed E-state index contributed by atoms with van der Waals surface area (Å²) in [6.45, 7) is 5.35. The van der Waals surface area contributed by atoms with Gasteiger partial charge in [0.15, 0.2) is 0 Å². The van der Waals surface area contributed by atoms with Crippen molar-refractivity contribution < 1.29 is 4.79 Å². The van der Waals surface area contributed by atoms with Crippen molar-refractivity contribution in [3.05, 3.63) is 112 Å². The molecule has 1 aromatic carbocycles. The maximum atomic E-state index is 13.8. The first-order valence-electron chi connectivity index (χ1n) is 15.0. The minimum absolute atomic E-state index is 0.244. The molecular weight excluding hydrogens is 558 g/mol. The fraction of sp³-hybridized carbons (Fsp3) is 0.429. The number of nitrogens with one attached hydrogen (secondary N) is 1. The minimum atomic E-state index is -0.244. The molecule has 0 spiro atoms. The summed E-state index contributed by atoms with van der Waals surface area (Å²) in [5.74, 6) is 2.67. The molecule has 4 aliphatic rings. The molecule has 4 nitrogen and oxygen atoms in total. The maximum Gasteiger partial charge on any atom is 0.143 e. The molecule has 3 heterocycles. The average Bonchev–Trinajstić information content (AvgIpc) is 3.50. The molecule has 1 aromatic heterocycles. The van der Waals surface area contributed by atoms with Crippen LogP contribution in [0.1, 0.15) is 68.9 Å². The van der Waals surface area contributed by atoms with E-state index in [4.69, 9.17) is 0 Å². The third-order valence-corrected chi connectivity index (χ3v) is 10.3. The van der Waals surface area contributed by atoms with Gasteiger partial charge in [-0.05, 0) is 101 Å². The van der Waals surface area contributed by atoms with E-state index in [1.165, 1.54) is 29.7 Å². The number of hydrogen-bond acceptors (Lipinski definition) is 4. The molecule has 2 fully saturated rings. The van der Waals surface area contributed by atoms with Crippen molar-refractivity contribution in [3.63, 3.8) is 0 Å². The number of aromatic nitrogens is 1.